The van der Waals surface area contributed by atoms with E-state index in [0.29, 0.717) is 17.9 Å². The number of benzene rings is 1. The van der Waals surface area contributed by atoms with E-state index in [9.17, 15) is 9.59 Å². The van der Waals surface area contributed by atoms with Crippen molar-refractivity contribution in [3.63, 3.8) is 0 Å². The van der Waals surface area contributed by atoms with Crippen LogP contribution < -0.4 is 15.0 Å². The van der Waals surface area contributed by atoms with Crippen LogP contribution in [0.4, 0.5) is 11.4 Å². The van der Waals surface area contributed by atoms with E-state index < -0.39 is 0 Å². The van der Waals surface area contributed by atoms with E-state index in [2.05, 4.69) is 5.32 Å². The number of carbonyl (C=O) groups excluding carboxylic acids is 2. The third kappa shape index (κ3) is 2.41. The van der Waals surface area contributed by atoms with E-state index >= 15 is 0 Å². The molecule has 2 aliphatic heterocycles. The van der Waals surface area contributed by atoms with Crippen LogP contribution in [-0.4, -0.2) is 30.5 Å². The lowest BCUT2D eigenvalue weighted by Gasteiger charge is -2.30. The summed E-state index contributed by atoms with van der Waals surface area (Å²) in [7, 11) is 1.73. The van der Waals surface area contributed by atoms with Gasteiger partial charge in [-0.25, -0.2) is 4.98 Å². The summed E-state index contributed by atoms with van der Waals surface area (Å²) in [6.45, 7) is 0.0465. The Kier molecular flexibility index (Phi) is 3.53. The lowest BCUT2D eigenvalue weighted by Crippen LogP contribution is -2.36. The normalized spacial score (nSPS) is 21.4. The smallest absolute Gasteiger partial charge is 0.264 e. The molecule has 1 atom stereocenters. The highest BCUT2D eigenvalue weighted by Crippen LogP contribution is 2.45. The average Bonchev–Trinajstić information content (AvgIpc) is 3.07. The SMILES string of the molecule is CN1C(=O)COc2cc3c(cc21)NC(=O)CC3c1nc2c(s1)CCCC2. The van der Waals surface area contributed by atoms with Crippen molar-refractivity contribution in [1.82, 2.24) is 4.98 Å². The van der Waals surface area contributed by atoms with Gasteiger partial charge in [-0.2, -0.15) is 0 Å². The van der Waals surface area contributed by atoms with Crippen LogP contribution in [0.5, 0.6) is 5.75 Å². The molecule has 1 aromatic carbocycles. The summed E-state index contributed by atoms with van der Waals surface area (Å²) in [4.78, 5) is 32.0. The number of likely N-dealkylation sites (N-methyl/N-ethyl adjacent to an activating group) is 1. The van der Waals surface area contributed by atoms with Crippen LogP contribution in [0.1, 0.15) is 46.3 Å². The second kappa shape index (κ2) is 5.81. The Hall–Kier alpha value is -2.41. The molecule has 26 heavy (non-hydrogen) atoms. The number of aryl methyl sites for hydroxylation is 2. The molecule has 6 nitrogen and oxygen atoms in total. The quantitative estimate of drug-likeness (QED) is 0.839. The standard InChI is InChI=1S/C19H19N3O3S/c1-22-14-8-13-10(6-15(14)25-9-18(22)24)11(7-17(23)20-13)19-21-12-4-2-3-5-16(12)26-19/h6,8,11H,2-5,7,9H2,1H3,(H,20,23). The molecule has 0 spiro atoms. The molecule has 1 aromatic heterocycles. The van der Waals surface area contributed by atoms with Gasteiger partial charge in [-0.05, 0) is 43.4 Å². The van der Waals surface area contributed by atoms with Crippen LogP contribution >= 0.6 is 11.3 Å². The molecule has 5 rings (SSSR count). The topological polar surface area (TPSA) is 71.5 Å². The highest BCUT2D eigenvalue weighted by Gasteiger charge is 2.33. The number of aromatic nitrogens is 1. The number of amides is 2. The molecule has 0 bridgehead atoms. The minimum Gasteiger partial charge on any atom is -0.482 e. The van der Waals surface area contributed by atoms with Gasteiger partial charge in [0.2, 0.25) is 5.91 Å². The van der Waals surface area contributed by atoms with Crippen molar-refractivity contribution in [1.29, 1.82) is 0 Å². The fourth-order valence-electron chi connectivity index (χ4n) is 3.97. The summed E-state index contributed by atoms with van der Waals surface area (Å²) in [5, 5.41) is 3.97. The maximum absolute atomic E-state index is 12.3. The van der Waals surface area contributed by atoms with Crippen molar-refractivity contribution in [3.05, 3.63) is 33.3 Å². The van der Waals surface area contributed by atoms with Crippen LogP contribution in [0.25, 0.3) is 0 Å². The molecule has 0 saturated heterocycles. The first-order valence-corrected chi connectivity index (χ1v) is 9.77. The number of hydrogen-bond donors (Lipinski definition) is 1. The molecule has 7 heteroatoms. The maximum atomic E-state index is 12.3. The fourth-order valence-corrected chi connectivity index (χ4v) is 5.24. The van der Waals surface area contributed by atoms with E-state index in [1.807, 2.05) is 12.1 Å². The molecule has 3 aliphatic rings. The van der Waals surface area contributed by atoms with E-state index in [-0.39, 0.29) is 24.3 Å². The number of fused-ring (bicyclic) bond motifs is 3. The lowest BCUT2D eigenvalue weighted by atomic mass is 9.90. The van der Waals surface area contributed by atoms with Crippen LogP contribution in [0.2, 0.25) is 0 Å². The molecular weight excluding hydrogens is 350 g/mol. The first-order valence-electron chi connectivity index (χ1n) is 8.96. The van der Waals surface area contributed by atoms with Crippen LogP contribution in [0, 0.1) is 0 Å². The van der Waals surface area contributed by atoms with Gasteiger partial charge >= 0.3 is 0 Å². The van der Waals surface area contributed by atoms with Crippen molar-refractivity contribution < 1.29 is 14.3 Å². The van der Waals surface area contributed by atoms with Crippen molar-refractivity contribution in [2.24, 2.45) is 0 Å². The highest BCUT2D eigenvalue weighted by atomic mass is 32.1. The minimum atomic E-state index is -0.0938. The number of nitrogens with zero attached hydrogens (tertiary/aromatic N) is 2. The zero-order valence-corrected chi connectivity index (χ0v) is 15.3. The molecule has 134 valence electrons. The second-order valence-corrected chi connectivity index (χ2v) is 8.20. The Balaban J connectivity index is 1.61. The van der Waals surface area contributed by atoms with Gasteiger partial charge in [-0.1, -0.05) is 0 Å². The van der Waals surface area contributed by atoms with E-state index in [4.69, 9.17) is 9.72 Å². The van der Waals surface area contributed by atoms with Gasteiger partial charge in [0.15, 0.2) is 6.61 Å². The summed E-state index contributed by atoms with van der Waals surface area (Å²) in [6, 6.07) is 3.82. The zero-order chi connectivity index (χ0) is 17.8. The van der Waals surface area contributed by atoms with Gasteiger partial charge in [0.05, 0.1) is 11.4 Å². The van der Waals surface area contributed by atoms with Crippen LogP contribution in [0.3, 0.4) is 0 Å². The van der Waals surface area contributed by atoms with Gasteiger partial charge in [0.25, 0.3) is 5.91 Å². The fraction of sp³-hybridized carbons (Fsp3) is 0.421. The Morgan fingerprint density at radius 1 is 1.27 bits per heavy atom. The number of hydrogen-bond acceptors (Lipinski definition) is 5. The first-order chi connectivity index (χ1) is 12.6. The number of anilines is 2. The number of thiazole rings is 1. The lowest BCUT2D eigenvalue weighted by molar-refractivity contribution is -0.121. The van der Waals surface area contributed by atoms with Crippen molar-refractivity contribution in [2.45, 2.75) is 38.0 Å². The third-order valence-corrected chi connectivity index (χ3v) is 6.69. The Labute approximate surface area is 155 Å². The molecule has 0 saturated carbocycles. The van der Waals surface area contributed by atoms with E-state index in [1.165, 1.54) is 23.4 Å². The van der Waals surface area contributed by atoms with Gasteiger partial charge in [-0.15, -0.1) is 11.3 Å². The van der Waals surface area contributed by atoms with Crippen LogP contribution in [0.15, 0.2) is 12.1 Å². The molecule has 1 N–H and O–H groups in total. The van der Waals surface area contributed by atoms with E-state index in [0.717, 1.165) is 29.1 Å². The molecule has 0 fully saturated rings. The van der Waals surface area contributed by atoms with Crippen LogP contribution in [-0.2, 0) is 22.4 Å². The summed E-state index contributed by atoms with van der Waals surface area (Å²) in [5.74, 6) is 0.532. The van der Waals surface area contributed by atoms with Gasteiger partial charge < -0.3 is 15.0 Å². The molecule has 0 radical (unpaired) electrons. The summed E-state index contributed by atoms with van der Waals surface area (Å²) < 4.78 is 5.64. The summed E-state index contributed by atoms with van der Waals surface area (Å²) in [5.41, 5.74) is 3.68. The summed E-state index contributed by atoms with van der Waals surface area (Å²) >= 11 is 1.75. The zero-order valence-electron chi connectivity index (χ0n) is 14.5. The summed E-state index contributed by atoms with van der Waals surface area (Å²) in [6.07, 6.45) is 4.95. The molecule has 3 heterocycles. The molecule has 1 unspecified atom stereocenters. The largest absolute Gasteiger partial charge is 0.482 e. The van der Waals surface area contributed by atoms with Gasteiger partial charge in [0, 0.05) is 30.0 Å². The third-order valence-electron chi connectivity index (χ3n) is 5.42. The monoisotopic (exact) mass is 369 g/mol. The highest BCUT2D eigenvalue weighted by molar-refractivity contribution is 7.11. The van der Waals surface area contributed by atoms with Gasteiger partial charge in [0.1, 0.15) is 10.8 Å². The van der Waals surface area contributed by atoms with Gasteiger partial charge in [-0.3, -0.25) is 9.59 Å². The predicted molar refractivity (Wildman–Crippen MR) is 99.2 cm³/mol. The molecule has 2 amide bonds. The number of carbonyl (C=O) groups is 2. The number of ether oxygens (including phenoxy) is 1. The Morgan fingerprint density at radius 3 is 2.96 bits per heavy atom. The Morgan fingerprint density at radius 2 is 2.12 bits per heavy atom. The number of rotatable bonds is 1. The average molecular weight is 369 g/mol. The first kappa shape index (κ1) is 15.8. The minimum absolute atomic E-state index is 0.0127. The van der Waals surface area contributed by atoms with Crippen molar-refractivity contribution >= 4 is 34.5 Å². The molecule has 2 aromatic rings. The maximum Gasteiger partial charge on any atom is 0.264 e. The predicted octanol–water partition coefficient (Wildman–Crippen LogP) is 2.85. The second-order valence-electron chi connectivity index (χ2n) is 7.08. The van der Waals surface area contributed by atoms with Crippen molar-refractivity contribution in [2.75, 3.05) is 23.9 Å². The molecular formula is C19H19N3O3S. The van der Waals surface area contributed by atoms with Crippen molar-refractivity contribution in [3.8, 4) is 5.75 Å². The molecule has 1 aliphatic carbocycles. The number of nitrogens with one attached hydrogen (secondary N) is 1. The Bertz CT molecular complexity index is 913. The van der Waals surface area contributed by atoms with E-state index in [1.54, 1.807) is 23.3 Å².